The van der Waals surface area contributed by atoms with Crippen LogP contribution in [0.15, 0.2) is 23.1 Å². The Kier molecular flexibility index (Phi) is 6.65. The topological polar surface area (TPSA) is 90.2 Å². The Labute approximate surface area is 120 Å². The number of rotatable bonds is 8. The number of nitriles is 1. The molecule has 1 aromatic rings. The van der Waals surface area contributed by atoms with Crippen molar-refractivity contribution in [1.82, 2.24) is 4.72 Å². The van der Waals surface area contributed by atoms with Gasteiger partial charge in [0, 0.05) is 13.2 Å². The van der Waals surface area contributed by atoms with Crippen LogP contribution in [0.2, 0.25) is 0 Å². The molecule has 0 aliphatic rings. The first-order chi connectivity index (χ1) is 9.51. The molecule has 0 fully saturated rings. The second-order valence-corrected chi connectivity index (χ2v) is 6.36. The van der Waals surface area contributed by atoms with Crippen LogP contribution in [0.4, 0.5) is 0 Å². The van der Waals surface area contributed by atoms with Gasteiger partial charge in [0.15, 0.2) is 0 Å². The number of aliphatic hydroxyl groups is 1. The first-order valence-corrected chi connectivity index (χ1v) is 8.11. The lowest BCUT2D eigenvalue weighted by atomic mass is 10.2. The van der Waals surface area contributed by atoms with E-state index in [1.807, 2.05) is 6.07 Å². The normalized spacial score (nSPS) is 11.2. The van der Waals surface area contributed by atoms with Crippen molar-refractivity contribution >= 4 is 10.0 Å². The van der Waals surface area contributed by atoms with Crippen molar-refractivity contribution in [3.05, 3.63) is 29.3 Å². The van der Waals surface area contributed by atoms with Crippen molar-refractivity contribution in [2.75, 3.05) is 13.2 Å². The Morgan fingerprint density at radius 2 is 1.95 bits per heavy atom. The molecule has 0 aromatic heterocycles. The van der Waals surface area contributed by atoms with Gasteiger partial charge in [-0.25, -0.2) is 13.1 Å². The monoisotopic (exact) mass is 296 g/mol. The molecule has 20 heavy (non-hydrogen) atoms. The predicted octanol–water partition coefficient (Wildman–Crippen LogP) is 1.70. The van der Waals surface area contributed by atoms with Gasteiger partial charge in [-0.05, 0) is 43.5 Å². The molecule has 0 saturated heterocycles. The van der Waals surface area contributed by atoms with E-state index in [0.717, 1.165) is 25.7 Å². The van der Waals surface area contributed by atoms with Crippen LogP contribution in [0.1, 0.15) is 36.8 Å². The van der Waals surface area contributed by atoms with E-state index in [-0.39, 0.29) is 11.5 Å². The quantitative estimate of drug-likeness (QED) is 0.714. The van der Waals surface area contributed by atoms with E-state index in [1.54, 1.807) is 13.0 Å². The van der Waals surface area contributed by atoms with Gasteiger partial charge in [-0.3, -0.25) is 0 Å². The molecule has 0 unspecified atom stereocenters. The van der Waals surface area contributed by atoms with E-state index in [0.29, 0.717) is 17.7 Å². The van der Waals surface area contributed by atoms with Gasteiger partial charge in [-0.2, -0.15) is 5.26 Å². The molecule has 6 heteroatoms. The van der Waals surface area contributed by atoms with Gasteiger partial charge in [-0.1, -0.05) is 12.8 Å². The van der Waals surface area contributed by atoms with Crippen molar-refractivity contribution in [3.63, 3.8) is 0 Å². The minimum absolute atomic E-state index is 0.177. The third kappa shape index (κ3) is 4.93. The maximum atomic E-state index is 12.1. The highest BCUT2D eigenvalue weighted by Crippen LogP contribution is 2.16. The lowest BCUT2D eigenvalue weighted by molar-refractivity contribution is 0.282. The van der Waals surface area contributed by atoms with Gasteiger partial charge in [0.1, 0.15) is 0 Å². The molecule has 5 nitrogen and oxygen atoms in total. The maximum Gasteiger partial charge on any atom is 0.240 e. The summed E-state index contributed by atoms with van der Waals surface area (Å²) in [6, 6.07) is 6.51. The third-order valence-electron chi connectivity index (χ3n) is 2.97. The molecule has 0 atom stereocenters. The number of hydrogen-bond acceptors (Lipinski definition) is 4. The molecule has 1 aromatic carbocycles. The summed E-state index contributed by atoms with van der Waals surface area (Å²) >= 11 is 0. The highest BCUT2D eigenvalue weighted by atomic mass is 32.2. The van der Waals surface area contributed by atoms with Gasteiger partial charge < -0.3 is 5.11 Å². The molecule has 0 saturated carbocycles. The van der Waals surface area contributed by atoms with Crippen LogP contribution in [0.5, 0.6) is 0 Å². The fraction of sp³-hybridized carbons (Fsp3) is 0.500. The number of aliphatic hydroxyl groups excluding tert-OH is 1. The van der Waals surface area contributed by atoms with Crippen LogP contribution in [0.25, 0.3) is 0 Å². The maximum absolute atomic E-state index is 12.1. The van der Waals surface area contributed by atoms with Crippen LogP contribution < -0.4 is 4.72 Å². The average Bonchev–Trinajstić information content (AvgIpc) is 2.42. The fourth-order valence-corrected chi connectivity index (χ4v) is 3.19. The molecule has 0 bridgehead atoms. The number of hydrogen-bond donors (Lipinski definition) is 2. The highest BCUT2D eigenvalue weighted by molar-refractivity contribution is 7.89. The summed E-state index contributed by atoms with van der Waals surface area (Å²) < 4.78 is 26.8. The number of nitrogens with zero attached hydrogens (tertiary/aromatic N) is 1. The highest BCUT2D eigenvalue weighted by Gasteiger charge is 2.16. The summed E-state index contributed by atoms with van der Waals surface area (Å²) in [5, 5.41) is 17.4. The van der Waals surface area contributed by atoms with Crippen LogP contribution in [0, 0.1) is 18.3 Å². The van der Waals surface area contributed by atoms with Crippen molar-refractivity contribution in [2.24, 2.45) is 0 Å². The lowest BCUT2D eigenvalue weighted by Crippen LogP contribution is -2.25. The zero-order chi connectivity index (χ0) is 15.0. The van der Waals surface area contributed by atoms with E-state index in [2.05, 4.69) is 4.72 Å². The van der Waals surface area contributed by atoms with E-state index < -0.39 is 10.0 Å². The molecule has 0 radical (unpaired) electrons. The molecule has 2 N–H and O–H groups in total. The molecular weight excluding hydrogens is 276 g/mol. The summed E-state index contributed by atoms with van der Waals surface area (Å²) in [5.74, 6) is 0. The van der Waals surface area contributed by atoms with Gasteiger partial charge in [-0.15, -0.1) is 0 Å². The summed E-state index contributed by atoms with van der Waals surface area (Å²) in [6.45, 7) is 2.24. The summed E-state index contributed by atoms with van der Waals surface area (Å²) in [5.41, 5.74) is 1.02. The predicted molar refractivity (Wildman–Crippen MR) is 76.6 cm³/mol. The van der Waals surface area contributed by atoms with Crippen LogP contribution in [0.3, 0.4) is 0 Å². The van der Waals surface area contributed by atoms with Gasteiger partial charge in [0.2, 0.25) is 10.0 Å². The smallest absolute Gasteiger partial charge is 0.240 e. The standard InChI is InChI=1S/C14H20N2O3S/c1-12-10-13(11-15)6-7-14(12)20(18,19)16-8-4-2-3-5-9-17/h6-7,10,16-17H,2-5,8-9H2,1H3. The SMILES string of the molecule is Cc1cc(C#N)ccc1S(=O)(=O)NCCCCCCO. The molecule has 0 heterocycles. The van der Waals surface area contributed by atoms with Gasteiger partial charge in [0.25, 0.3) is 0 Å². The molecule has 110 valence electrons. The van der Waals surface area contributed by atoms with E-state index >= 15 is 0 Å². The number of benzene rings is 1. The largest absolute Gasteiger partial charge is 0.396 e. The average molecular weight is 296 g/mol. The number of unbranched alkanes of at least 4 members (excludes halogenated alkanes) is 3. The Morgan fingerprint density at radius 3 is 2.55 bits per heavy atom. The lowest BCUT2D eigenvalue weighted by Gasteiger charge is -2.09. The first kappa shape index (κ1) is 16.6. The number of sulfonamides is 1. The van der Waals surface area contributed by atoms with Crippen molar-refractivity contribution in [2.45, 2.75) is 37.5 Å². The summed E-state index contributed by atoms with van der Waals surface area (Å²) in [7, 11) is -3.52. The zero-order valence-electron chi connectivity index (χ0n) is 11.6. The second-order valence-electron chi connectivity index (χ2n) is 4.63. The van der Waals surface area contributed by atoms with Gasteiger partial charge >= 0.3 is 0 Å². The zero-order valence-corrected chi connectivity index (χ0v) is 12.4. The fourth-order valence-electron chi connectivity index (χ4n) is 1.90. The molecule has 1 rings (SSSR count). The minimum Gasteiger partial charge on any atom is -0.396 e. The summed E-state index contributed by atoms with van der Waals surface area (Å²) in [4.78, 5) is 0.215. The Balaban J connectivity index is 2.59. The van der Waals surface area contributed by atoms with Crippen LogP contribution in [-0.2, 0) is 10.0 Å². The number of aryl methyl sites for hydroxylation is 1. The third-order valence-corrected chi connectivity index (χ3v) is 4.59. The van der Waals surface area contributed by atoms with Gasteiger partial charge in [0.05, 0.1) is 16.5 Å². The van der Waals surface area contributed by atoms with E-state index in [4.69, 9.17) is 10.4 Å². The van der Waals surface area contributed by atoms with Crippen molar-refractivity contribution < 1.29 is 13.5 Å². The molecular formula is C14H20N2O3S. The van der Waals surface area contributed by atoms with E-state index in [9.17, 15) is 8.42 Å². The summed E-state index contributed by atoms with van der Waals surface area (Å²) in [6.07, 6.45) is 3.28. The molecule has 0 aliphatic heterocycles. The van der Waals surface area contributed by atoms with Crippen LogP contribution in [-0.4, -0.2) is 26.7 Å². The Morgan fingerprint density at radius 1 is 1.25 bits per heavy atom. The Hall–Kier alpha value is -1.42. The van der Waals surface area contributed by atoms with Crippen molar-refractivity contribution in [1.29, 1.82) is 5.26 Å². The molecule has 0 spiro atoms. The number of nitrogens with one attached hydrogen (secondary N) is 1. The Bertz CT molecular complexity index is 577. The first-order valence-electron chi connectivity index (χ1n) is 6.62. The van der Waals surface area contributed by atoms with E-state index in [1.165, 1.54) is 12.1 Å². The van der Waals surface area contributed by atoms with Crippen molar-refractivity contribution in [3.8, 4) is 6.07 Å². The second kappa shape index (κ2) is 8.00. The minimum atomic E-state index is -3.52. The molecule has 0 aliphatic carbocycles. The molecule has 0 amide bonds. The van der Waals surface area contributed by atoms with Crippen LogP contribution >= 0.6 is 0 Å².